The minimum atomic E-state index is -0.576. The summed E-state index contributed by atoms with van der Waals surface area (Å²) < 4.78 is 22.6. The first-order valence-corrected chi connectivity index (χ1v) is 11.1. The molecule has 6 nitrogen and oxygen atoms in total. The highest BCUT2D eigenvalue weighted by Crippen LogP contribution is 2.37. The van der Waals surface area contributed by atoms with E-state index in [4.69, 9.17) is 30.5 Å². The molecule has 0 saturated carbocycles. The van der Waals surface area contributed by atoms with Gasteiger partial charge in [0.25, 0.3) is 0 Å². The molecule has 1 aliphatic heterocycles. The molecule has 0 bridgehead atoms. The molecule has 0 radical (unpaired) electrons. The van der Waals surface area contributed by atoms with Gasteiger partial charge in [0.1, 0.15) is 24.1 Å². The van der Waals surface area contributed by atoms with Crippen LogP contribution in [0.5, 0.6) is 5.75 Å². The Bertz CT molecular complexity index is 942. The number of hydrogen-bond acceptors (Lipinski definition) is 6. The summed E-state index contributed by atoms with van der Waals surface area (Å²) in [5.74, 6) is 0.0187. The molecule has 7 heteroatoms. The van der Waals surface area contributed by atoms with Crippen LogP contribution in [0.2, 0.25) is 5.02 Å². The molecule has 3 rings (SSSR count). The van der Waals surface area contributed by atoms with Crippen molar-refractivity contribution < 1.29 is 28.5 Å². The first kappa shape index (κ1) is 24.1. The van der Waals surface area contributed by atoms with Crippen molar-refractivity contribution in [3.8, 4) is 5.75 Å². The SMILES string of the molecule is CCOc1ccc(Cc2cc(C3OC(C)C(OC(C)=O)CC3OC(C)=O)ccc2Cl)cc1. The summed E-state index contributed by atoms with van der Waals surface area (Å²) in [6.07, 6.45) is -0.897. The van der Waals surface area contributed by atoms with E-state index in [2.05, 4.69) is 0 Å². The van der Waals surface area contributed by atoms with E-state index in [1.807, 2.05) is 56.3 Å². The van der Waals surface area contributed by atoms with Crippen molar-refractivity contribution in [3.05, 3.63) is 64.2 Å². The van der Waals surface area contributed by atoms with Crippen molar-refractivity contribution >= 4 is 23.5 Å². The summed E-state index contributed by atoms with van der Waals surface area (Å²) >= 11 is 6.49. The van der Waals surface area contributed by atoms with Crippen LogP contribution in [0.3, 0.4) is 0 Å². The molecule has 0 amide bonds. The number of carbonyl (C=O) groups is 2. The van der Waals surface area contributed by atoms with Crippen LogP contribution >= 0.6 is 11.6 Å². The second-order valence-corrected chi connectivity index (χ2v) is 8.31. The van der Waals surface area contributed by atoms with Crippen LogP contribution in [0.1, 0.15) is 56.9 Å². The Morgan fingerprint density at radius 3 is 2.31 bits per heavy atom. The maximum Gasteiger partial charge on any atom is 0.303 e. The van der Waals surface area contributed by atoms with Gasteiger partial charge in [0.05, 0.1) is 12.7 Å². The van der Waals surface area contributed by atoms with Crippen molar-refractivity contribution in [2.45, 2.75) is 65.0 Å². The van der Waals surface area contributed by atoms with E-state index in [0.717, 1.165) is 22.4 Å². The lowest BCUT2D eigenvalue weighted by Gasteiger charge is -2.39. The van der Waals surface area contributed by atoms with Gasteiger partial charge < -0.3 is 18.9 Å². The minimum Gasteiger partial charge on any atom is -0.494 e. The van der Waals surface area contributed by atoms with E-state index >= 15 is 0 Å². The number of hydrogen-bond donors (Lipinski definition) is 0. The predicted octanol–water partition coefficient (Wildman–Crippen LogP) is 5.04. The zero-order chi connectivity index (χ0) is 23.3. The fourth-order valence-corrected chi connectivity index (χ4v) is 4.11. The number of halogens is 1. The van der Waals surface area contributed by atoms with E-state index in [1.54, 1.807) is 0 Å². The Balaban J connectivity index is 1.83. The minimum absolute atomic E-state index is 0.346. The number of benzene rings is 2. The van der Waals surface area contributed by atoms with E-state index in [1.165, 1.54) is 13.8 Å². The Morgan fingerprint density at radius 1 is 1.03 bits per heavy atom. The van der Waals surface area contributed by atoms with Crippen molar-refractivity contribution in [1.29, 1.82) is 0 Å². The van der Waals surface area contributed by atoms with E-state index < -0.39 is 30.3 Å². The van der Waals surface area contributed by atoms with Crippen molar-refractivity contribution in [1.82, 2.24) is 0 Å². The van der Waals surface area contributed by atoms with Gasteiger partial charge in [0.2, 0.25) is 0 Å². The lowest BCUT2D eigenvalue weighted by molar-refractivity contribution is -0.200. The molecule has 4 atom stereocenters. The number of esters is 2. The van der Waals surface area contributed by atoms with Gasteiger partial charge in [-0.25, -0.2) is 0 Å². The van der Waals surface area contributed by atoms with Crippen LogP contribution in [0.15, 0.2) is 42.5 Å². The van der Waals surface area contributed by atoms with Crippen LogP contribution in [-0.4, -0.2) is 36.9 Å². The van der Waals surface area contributed by atoms with Gasteiger partial charge in [-0.15, -0.1) is 0 Å². The highest BCUT2D eigenvalue weighted by Gasteiger charge is 2.40. The molecule has 0 aromatic heterocycles. The van der Waals surface area contributed by atoms with Gasteiger partial charge in [-0.3, -0.25) is 9.59 Å². The fraction of sp³-hybridized carbons (Fsp3) is 0.440. The van der Waals surface area contributed by atoms with Gasteiger partial charge >= 0.3 is 11.9 Å². The van der Waals surface area contributed by atoms with Crippen LogP contribution in [0.4, 0.5) is 0 Å². The molecule has 2 aromatic rings. The van der Waals surface area contributed by atoms with E-state index in [9.17, 15) is 9.59 Å². The lowest BCUT2D eigenvalue weighted by atomic mass is 9.92. The third-order valence-electron chi connectivity index (χ3n) is 5.35. The highest BCUT2D eigenvalue weighted by molar-refractivity contribution is 6.31. The average Bonchev–Trinajstić information content (AvgIpc) is 2.73. The second kappa shape index (κ2) is 10.8. The Labute approximate surface area is 193 Å². The van der Waals surface area contributed by atoms with E-state index in [-0.39, 0.29) is 6.10 Å². The molecular formula is C25H29ClO6. The average molecular weight is 461 g/mol. The molecular weight excluding hydrogens is 432 g/mol. The Morgan fingerprint density at radius 2 is 1.69 bits per heavy atom. The molecule has 2 aromatic carbocycles. The third-order valence-corrected chi connectivity index (χ3v) is 5.72. The third kappa shape index (κ3) is 6.24. The molecule has 1 heterocycles. The largest absolute Gasteiger partial charge is 0.494 e. The molecule has 172 valence electrons. The molecule has 0 aliphatic carbocycles. The van der Waals surface area contributed by atoms with Crippen LogP contribution in [0.25, 0.3) is 0 Å². The normalized spacial score (nSPS) is 22.8. The standard InChI is InChI=1S/C25H29ClO6/c1-5-29-21-9-6-18(7-10-21)12-20-13-19(8-11-22(20)26)25-24(32-17(4)28)14-23(15(2)30-25)31-16(3)27/h6-11,13,15,23-25H,5,12,14H2,1-4H3. The van der Waals surface area contributed by atoms with Crippen LogP contribution in [0, 0.1) is 0 Å². The Hall–Kier alpha value is -2.57. The molecule has 0 spiro atoms. The summed E-state index contributed by atoms with van der Waals surface area (Å²) in [5, 5.41) is 0.647. The van der Waals surface area contributed by atoms with Gasteiger partial charge in [-0.05, 0) is 55.2 Å². The van der Waals surface area contributed by atoms with Crippen molar-refractivity contribution in [2.24, 2.45) is 0 Å². The first-order chi connectivity index (χ1) is 15.3. The fourth-order valence-electron chi connectivity index (χ4n) is 3.92. The lowest BCUT2D eigenvalue weighted by Crippen LogP contribution is -2.45. The number of rotatable bonds is 7. The summed E-state index contributed by atoms with van der Waals surface area (Å²) in [6.45, 7) is 7.13. The second-order valence-electron chi connectivity index (χ2n) is 7.90. The van der Waals surface area contributed by atoms with Gasteiger partial charge in [-0.1, -0.05) is 35.9 Å². The molecule has 1 fully saturated rings. The van der Waals surface area contributed by atoms with Crippen molar-refractivity contribution in [3.63, 3.8) is 0 Å². The Kier molecular flexibility index (Phi) is 8.15. The number of ether oxygens (including phenoxy) is 4. The van der Waals surface area contributed by atoms with Crippen molar-refractivity contribution in [2.75, 3.05) is 6.61 Å². The summed E-state index contributed by atoms with van der Waals surface area (Å²) in [4.78, 5) is 23.2. The summed E-state index contributed by atoms with van der Waals surface area (Å²) in [5.41, 5.74) is 2.89. The molecule has 32 heavy (non-hydrogen) atoms. The van der Waals surface area contributed by atoms with Crippen LogP contribution in [-0.2, 0) is 30.2 Å². The van der Waals surface area contributed by atoms with E-state index in [0.29, 0.717) is 24.5 Å². The molecule has 1 saturated heterocycles. The predicted molar refractivity (Wildman–Crippen MR) is 121 cm³/mol. The monoisotopic (exact) mass is 460 g/mol. The maximum absolute atomic E-state index is 11.7. The quantitative estimate of drug-likeness (QED) is 0.539. The molecule has 1 aliphatic rings. The highest BCUT2D eigenvalue weighted by atomic mass is 35.5. The van der Waals surface area contributed by atoms with Crippen LogP contribution < -0.4 is 4.74 Å². The summed E-state index contributed by atoms with van der Waals surface area (Å²) in [7, 11) is 0. The number of carbonyl (C=O) groups excluding carboxylic acids is 2. The van der Waals surface area contributed by atoms with Gasteiger partial charge in [-0.2, -0.15) is 0 Å². The first-order valence-electron chi connectivity index (χ1n) is 10.8. The zero-order valence-corrected chi connectivity index (χ0v) is 19.6. The van der Waals surface area contributed by atoms with Gasteiger partial charge in [0.15, 0.2) is 0 Å². The molecule has 4 unspecified atom stereocenters. The maximum atomic E-state index is 11.7. The smallest absolute Gasteiger partial charge is 0.303 e. The summed E-state index contributed by atoms with van der Waals surface area (Å²) in [6, 6.07) is 13.6. The van der Waals surface area contributed by atoms with Gasteiger partial charge in [0, 0.05) is 25.3 Å². The zero-order valence-electron chi connectivity index (χ0n) is 18.8. The molecule has 0 N–H and O–H groups in total. The topological polar surface area (TPSA) is 71.1 Å².